The summed E-state index contributed by atoms with van der Waals surface area (Å²) >= 11 is 0. The Hall–Kier alpha value is -1.55. The molecule has 1 unspecified atom stereocenters. The third-order valence-corrected chi connectivity index (χ3v) is 3.14. The van der Waals surface area contributed by atoms with Crippen molar-refractivity contribution in [2.45, 2.75) is 33.2 Å². The molecule has 1 amide bonds. The van der Waals surface area contributed by atoms with Gasteiger partial charge in [-0.25, -0.2) is 0 Å². The van der Waals surface area contributed by atoms with Crippen LogP contribution in [0.15, 0.2) is 24.3 Å². The third-order valence-electron chi connectivity index (χ3n) is 3.14. The molecule has 0 heterocycles. The number of ether oxygens (including phenoxy) is 1. The molecule has 1 aromatic carbocycles. The van der Waals surface area contributed by atoms with Crippen LogP contribution in [-0.2, 0) is 4.79 Å². The summed E-state index contributed by atoms with van der Waals surface area (Å²) in [6, 6.07) is 7.45. The van der Waals surface area contributed by atoms with Gasteiger partial charge >= 0.3 is 0 Å². The predicted molar refractivity (Wildman–Crippen MR) is 81.7 cm³/mol. The summed E-state index contributed by atoms with van der Waals surface area (Å²) in [5, 5.41) is 0. The van der Waals surface area contributed by atoms with E-state index in [0.29, 0.717) is 25.5 Å². The normalized spacial score (nSPS) is 12.3. The SMILES string of the molecule is Cc1ccc(OCCN(C)C(=O)C(N)CC(C)C)cc1. The Bertz CT molecular complexity index is 415. The first-order valence-electron chi connectivity index (χ1n) is 7.10. The van der Waals surface area contributed by atoms with Crippen molar-refractivity contribution in [2.24, 2.45) is 11.7 Å². The van der Waals surface area contributed by atoms with E-state index in [1.165, 1.54) is 5.56 Å². The molecule has 1 rings (SSSR count). The highest BCUT2D eigenvalue weighted by atomic mass is 16.5. The molecule has 4 heteroatoms. The molecule has 20 heavy (non-hydrogen) atoms. The monoisotopic (exact) mass is 278 g/mol. The molecule has 0 fully saturated rings. The fourth-order valence-corrected chi connectivity index (χ4v) is 1.94. The van der Waals surface area contributed by atoms with Gasteiger partial charge in [0.2, 0.25) is 5.91 Å². The summed E-state index contributed by atoms with van der Waals surface area (Å²) in [6.07, 6.45) is 0.710. The molecule has 0 saturated heterocycles. The number of hydrogen-bond donors (Lipinski definition) is 1. The highest BCUT2D eigenvalue weighted by Crippen LogP contribution is 2.11. The van der Waals surface area contributed by atoms with Crippen molar-refractivity contribution in [1.82, 2.24) is 4.90 Å². The van der Waals surface area contributed by atoms with Crippen LogP contribution in [-0.4, -0.2) is 37.0 Å². The summed E-state index contributed by atoms with van der Waals surface area (Å²) in [4.78, 5) is 13.7. The number of amides is 1. The Morgan fingerprint density at radius 2 is 1.90 bits per heavy atom. The average Bonchev–Trinajstić information content (AvgIpc) is 2.39. The molecule has 0 bridgehead atoms. The maximum absolute atomic E-state index is 12.0. The number of rotatable bonds is 7. The van der Waals surface area contributed by atoms with Crippen LogP contribution in [0.3, 0.4) is 0 Å². The second-order valence-corrected chi connectivity index (χ2v) is 5.66. The van der Waals surface area contributed by atoms with Crippen LogP contribution in [0.4, 0.5) is 0 Å². The minimum Gasteiger partial charge on any atom is -0.492 e. The Morgan fingerprint density at radius 3 is 2.45 bits per heavy atom. The highest BCUT2D eigenvalue weighted by Gasteiger charge is 2.18. The first-order chi connectivity index (χ1) is 9.40. The van der Waals surface area contributed by atoms with Crippen LogP contribution in [0.5, 0.6) is 5.75 Å². The van der Waals surface area contributed by atoms with Crippen LogP contribution < -0.4 is 10.5 Å². The number of carbonyl (C=O) groups is 1. The van der Waals surface area contributed by atoms with E-state index in [4.69, 9.17) is 10.5 Å². The van der Waals surface area contributed by atoms with Crippen LogP contribution in [0.1, 0.15) is 25.8 Å². The Morgan fingerprint density at radius 1 is 1.30 bits per heavy atom. The van der Waals surface area contributed by atoms with Gasteiger partial charge in [0.15, 0.2) is 0 Å². The topological polar surface area (TPSA) is 55.6 Å². The minimum atomic E-state index is -0.417. The van der Waals surface area contributed by atoms with Gasteiger partial charge in [0.1, 0.15) is 12.4 Å². The van der Waals surface area contributed by atoms with E-state index < -0.39 is 6.04 Å². The Kier molecular flexibility index (Phi) is 6.52. The van der Waals surface area contributed by atoms with Crippen LogP contribution in [0, 0.1) is 12.8 Å². The Balaban J connectivity index is 2.33. The van der Waals surface area contributed by atoms with Crippen molar-refractivity contribution in [1.29, 1.82) is 0 Å². The van der Waals surface area contributed by atoms with Crippen LogP contribution in [0.25, 0.3) is 0 Å². The van der Waals surface area contributed by atoms with E-state index in [2.05, 4.69) is 13.8 Å². The first kappa shape index (κ1) is 16.5. The lowest BCUT2D eigenvalue weighted by Gasteiger charge is -2.22. The van der Waals surface area contributed by atoms with E-state index in [1.807, 2.05) is 31.2 Å². The fraction of sp³-hybridized carbons (Fsp3) is 0.562. The first-order valence-corrected chi connectivity index (χ1v) is 7.10. The number of nitrogens with two attached hydrogens (primary N) is 1. The number of hydrogen-bond acceptors (Lipinski definition) is 3. The highest BCUT2D eigenvalue weighted by molar-refractivity contribution is 5.81. The maximum atomic E-state index is 12.0. The fourth-order valence-electron chi connectivity index (χ4n) is 1.94. The molecule has 4 nitrogen and oxygen atoms in total. The van der Waals surface area contributed by atoms with E-state index in [1.54, 1.807) is 11.9 Å². The van der Waals surface area contributed by atoms with Crippen LogP contribution in [0.2, 0.25) is 0 Å². The number of aryl methyl sites for hydroxylation is 1. The molecule has 112 valence electrons. The molecule has 0 saturated carbocycles. The standard InChI is InChI=1S/C16H26N2O2/c1-12(2)11-15(17)16(19)18(4)9-10-20-14-7-5-13(3)6-8-14/h5-8,12,15H,9-11,17H2,1-4H3. The zero-order valence-electron chi connectivity index (χ0n) is 12.9. The van der Waals surface area contributed by atoms with Gasteiger partial charge in [-0.05, 0) is 31.4 Å². The number of likely N-dealkylation sites (N-methyl/N-ethyl adjacent to an activating group) is 1. The van der Waals surface area contributed by atoms with Gasteiger partial charge in [-0.3, -0.25) is 4.79 Å². The number of carbonyl (C=O) groups excluding carboxylic acids is 1. The quantitative estimate of drug-likeness (QED) is 0.832. The van der Waals surface area contributed by atoms with Crippen molar-refractivity contribution < 1.29 is 9.53 Å². The molecule has 0 aliphatic heterocycles. The van der Waals surface area contributed by atoms with Gasteiger partial charge in [-0.2, -0.15) is 0 Å². The molecule has 0 aliphatic rings. The van der Waals surface area contributed by atoms with Gasteiger partial charge in [-0.1, -0.05) is 31.5 Å². The van der Waals surface area contributed by atoms with Gasteiger partial charge in [0.05, 0.1) is 12.6 Å². The molecule has 1 aromatic rings. The Labute approximate surface area is 121 Å². The van der Waals surface area contributed by atoms with E-state index in [-0.39, 0.29) is 5.91 Å². The lowest BCUT2D eigenvalue weighted by Crippen LogP contribution is -2.43. The number of benzene rings is 1. The largest absolute Gasteiger partial charge is 0.492 e. The molecule has 0 aliphatic carbocycles. The van der Waals surface area contributed by atoms with E-state index in [0.717, 1.165) is 5.75 Å². The minimum absolute atomic E-state index is 0.0220. The lowest BCUT2D eigenvalue weighted by molar-refractivity contribution is -0.131. The van der Waals surface area contributed by atoms with Gasteiger partial charge in [0, 0.05) is 7.05 Å². The molecule has 0 radical (unpaired) electrons. The average molecular weight is 278 g/mol. The van der Waals surface area contributed by atoms with Gasteiger partial charge in [-0.15, -0.1) is 0 Å². The second-order valence-electron chi connectivity index (χ2n) is 5.66. The van der Waals surface area contributed by atoms with Gasteiger partial charge in [0.25, 0.3) is 0 Å². The second kappa shape index (κ2) is 7.90. The van der Waals surface area contributed by atoms with Crippen molar-refractivity contribution in [2.75, 3.05) is 20.2 Å². The van der Waals surface area contributed by atoms with Crippen LogP contribution >= 0.6 is 0 Å². The third kappa shape index (κ3) is 5.61. The molecule has 2 N–H and O–H groups in total. The molecule has 0 spiro atoms. The zero-order valence-corrected chi connectivity index (χ0v) is 12.9. The van der Waals surface area contributed by atoms with Crippen molar-refractivity contribution in [3.63, 3.8) is 0 Å². The summed E-state index contributed by atoms with van der Waals surface area (Å²) in [7, 11) is 1.76. The number of nitrogens with zero attached hydrogens (tertiary/aromatic N) is 1. The van der Waals surface area contributed by atoms with E-state index >= 15 is 0 Å². The molecular formula is C16H26N2O2. The smallest absolute Gasteiger partial charge is 0.239 e. The van der Waals surface area contributed by atoms with Crippen molar-refractivity contribution in [3.8, 4) is 5.75 Å². The van der Waals surface area contributed by atoms with Crippen molar-refractivity contribution in [3.05, 3.63) is 29.8 Å². The zero-order chi connectivity index (χ0) is 15.1. The van der Waals surface area contributed by atoms with E-state index in [9.17, 15) is 4.79 Å². The summed E-state index contributed by atoms with van der Waals surface area (Å²) in [5.74, 6) is 1.22. The summed E-state index contributed by atoms with van der Waals surface area (Å²) in [6.45, 7) is 7.17. The van der Waals surface area contributed by atoms with Gasteiger partial charge < -0.3 is 15.4 Å². The molecule has 0 aromatic heterocycles. The molecule has 1 atom stereocenters. The predicted octanol–water partition coefficient (Wildman–Crippen LogP) is 2.21. The van der Waals surface area contributed by atoms with Crippen molar-refractivity contribution >= 4 is 5.91 Å². The summed E-state index contributed by atoms with van der Waals surface area (Å²) < 4.78 is 5.61. The molecular weight excluding hydrogens is 252 g/mol. The lowest BCUT2D eigenvalue weighted by atomic mass is 10.0. The summed E-state index contributed by atoms with van der Waals surface area (Å²) in [5.41, 5.74) is 7.08. The maximum Gasteiger partial charge on any atom is 0.239 e.